The van der Waals surface area contributed by atoms with Crippen LogP contribution in [0.1, 0.15) is 5.56 Å². The molecular weight excluding hydrogens is 214 g/mol. The summed E-state index contributed by atoms with van der Waals surface area (Å²) < 4.78 is 0. The van der Waals surface area contributed by atoms with Crippen molar-refractivity contribution in [1.29, 1.82) is 0 Å². The van der Waals surface area contributed by atoms with Crippen LogP contribution in [0.25, 0.3) is 5.76 Å². The monoisotopic (exact) mass is 223 g/mol. The van der Waals surface area contributed by atoms with Crippen LogP contribution in [0.2, 0.25) is 0 Å². The van der Waals surface area contributed by atoms with Gasteiger partial charge in [0.25, 0.3) is 0 Å². The Labute approximate surface area is 90.5 Å². The highest BCUT2D eigenvalue weighted by atomic mass is 16.5. The van der Waals surface area contributed by atoms with E-state index in [-0.39, 0.29) is 5.76 Å². The number of azo groups is 1. The van der Waals surface area contributed by atoms with Crippen LogP contribution < -0.4 is 5.48 Å². The van der Waals surface area contributed by atoms with Gasteiger partial charge in [-0.1, -0.05) is 45.8 Å². The van der Waals surface area contributed by atoms with E-state index in [1.807, 2.05) is 0 Å². The van der Waals surface area contributed by atoms with E-state index in [9.17, 15) is 15.1 Å². The standard InChI is InChI=1S/C9H9N3O4/c13-8(7-4-2-1-3-5-7)6-10-12(16)9(14)11-15/h1-6,13,15H,(H,11,14)/b8-6-,12-10?. The molecule has 0 fully saturated rings. The number of hydrogen-bond donors (Lipinski definition) is 3. The maximum Gasteiger partial charge on any atom is 0.546 e. The number of hydroxylamine groups is 2. The summed E-state index contributed by atoms with van der Waals surface area (Å²) in [5.74, 6) is -0.271. The number of nitrogens with zero attached hydrogens (tertiary/aromatic N) is 2. The normalized spacial score (nSPS) is 12.3. The fourth-order valence-electron chi connectivity index (χ4n) is 0.886. The number of urea groups is 1. The zero-order valence-corrected chi connectivity index (χ0v) is 8.07. The second-order valence-corrected chi connectivity index (χ2v) is 2.69. The molecule has 1 aromatic rings. The van der Waals surface area contributed by atoms with Crippen molar-refractivity contribution < 1.29 is 20.0 Å². The molecule has 1 rings (SSSR count). The van der Waals surface area contributed by atoms with Crippen molar-refractivity contribution >= 4 is 11.8 Å². The zero-order valence-electron chi connectivity index (χ0n) is 8.07. The van der Waals surface area contributed by atoms with Gasteiger partial charge in [0.2, 0.25) is 0 Å². The van der Waals surface area contributed by atoms with Gasteiger partial charge in [0.05, 0.1) is 0 Å². The summed E-state index contributed by atoms with van der Waals surface area (Å²) >= 11 is 0. The molecule has 0 aromatic heterocycles. The van der Waals surface area contributed by atoms with E-state index in [1.54, 1.807) is 30.3 Å². The fraction of sp³-hybridized carbons (Fsp3) is 0. The zero-order chi connectivity index (χ0) is 12.0. The lowest BCUT2D eigenvalue weighted by molar-refractivity contribution is -0.429. The number of aliphatic hydroxyl groups is 1. The van der Waals surface area contributed by atoms with E-state index in [4.69, 9.17) is 5.21 Å². The van der Waals surface area contributed by atoms with Crippen molar-refractivity contribution in [2.75, 3.05) is 0 Å². The predicted octanol–water partition coefficient (Wildman–Crippen LogP) is 1.60. The summed E-state index contributed by atoms with van der Waals surface area (Å²) in [5, 5.41) is 31.3. The molecule has 16 heavy (non-hydrogen) atoms. The molecule has 2 amide bonds. The van der Waals surface area contributed by atoms with Gasteiger partial charge in [-0.25, -0.2) is 5.21 Å². The van der Waals surface area contributed by atoms with Gasteiger partial charge in [-0.05, 0) is 0 Å². The van der Waals surface area contributed by atoms with E-state index in [0.717, 1.165) is 11.7 Å². The first-order valence-corrected chi connectivity index (χ1v) is 4.22. The van der Waals surface area contributed by atoms with Crippen LogP contribution in [-0.2, 0) is 0 Å². The molecule has 0 aliphatic heterocycles. The number of aliphatic hydroxyl groups excluding tert-OH is 1. The highest BCUT2D eigenvalue weighted by Gasteiger charge is 2.07. The van der Waals surface area contributed by atoms with Crippen LogP contribution in [-0.4, -0.2) is 21.2 Å². The smallest absolute Gasteiger partial charge is 0.546 e. The highest BCUT2D eigenvalue weighted by molar-refractivity contribution is 5.63. The van der Waals surface area contributed by atoms with E-state index in [2.05, 4.69) is 5.11 Å². The Kier molecular flexibility index (Phi) is 3.98. The molecule has 7 heteroatoms. The van der Waals surface area contributed by atoms with Gasteiger partial charge in [0, 0.05) is 5.56 Å². The summed E-state index contributed by atoms with van der Waals surface area (Å²) in [6, 6.07) is 6.99. The number of rotatable bonds is 2. The quantitative estimate of drug-likeness (QED) is 0.232. The molecule has 0 bridgehead atoms. The van der Waals surface area contributed by atoms with Crippen LogP contribution >= 0.6 is 0 Å². The van der Waals surface area contributed by atoms with Gasteiger partial charge < -0.3 is 10.3 Å². The van der Waals surface area contributed by atoms with E-state index >= 15 is 0 Å². The van der Waals surface area contributed by atoms with Crippen molar-refractivity contribution in [3.63, 3.8) is 0 Å². The van der Waals surface area contributed by atoms with Gasteiger partial charge in [-0.2, -0.15) is 4.79 Å². The minimum atomic E-state index is -1.35. The molecule has 3 N–H and O–H groups in total. The molecule has 0 aliphatic rings. The summed E-state index contributed by atoms with van der Waals surface area (Å²) in [6.45, 7) is 0. The van der Waals surface area contributed by atoms with E-state index in [0.29, 0.717) is 5.56 Å². The summed E-state index contributed by atoms with van der Waals surface area (Å²) in [4.78, 5) is 10.1. The number of carbonyl (C=O) groups excluding carboxylic acids is 1. The van der Waals surface area contributed by atoms with Crippen LogP contribution in [0.5, 0.6) is 0 Å². The third kappa shape index (κ3) is 3.07. The van der Waals surface area contributed by atoms with Crippen molar-refractivity contribution in [2.45, 2.75) is 0 Å². The maximum atomic E-state index is 10.7. The Bertz CT molecular complexity index is 428. The third-order valence-electron chi connectivity index (χ3n) is 1.62. The molecular formula is C9H9N3O4. The van der Waals surface area contributed by atoms with Crippen molar-refractivity contribution in [2.24, 2.45) is 5.11 Å². The molecule has 0 aliphatic carbocycles. The van der Waals surface area contributed by atoms with Crippen molar-refractivity contribution in [3.8, 4) is 0 Å². The first-order valence-electron chi connectivity index (χ1n) is 4.22. The van der Waals surface area contributed by atoms with Gasteiger partial charge >= 0.3 is 6.03 Å². The highest BCUT2D eigenvalue weighted by Crippen LogP contribution is 2.09. The van der Waals surface area contributed by atoms with E-state index in [1.165, 1.54) is 0 Å². The average molecular weight is 223 g/mol. The van der Waals surface area contributed by atoms with Gasteiger partial charge in [0.15, 0.2) is 0 Å². The van der Waals surface area contributed by atoms with Crippen molar-refractivity contribution in [1.82, 2.24) is 5.48 Å². The molecule has 0 saturated heterocycles. The first-order chi connectivity index (χ1) is 7.65. The lowest BCUT2D eigenvalue weighted by atomic mass is 10.2. The molecule has 0 atom stereocenters. The Morgan fingerprint density at radius 3 is 2.62 bits per heavy atom. The predicted molar refractivity (Wildman–Crippen MR) is 53.4 cm³/mol. The molecule has 0 saturated carbocycles. The fourth-order valence-corrected chi connectivity index (χ4v) is 0.886. The third-order valence-corrected chi connectivity index (χ3v) is 1.62. The number of hydrogen-bond acceptors (Lipinski definition) is 5. The molecule has 0 spiro atoms. The Balaban J connectivity index is 2.83. The van der Waals surface area contributed by atoms with Crippen LogP contribution in [0, 0.1) is 5.21 Å². The Morgan fingerprint density at radius 1 is 1.44 bits per heavy atom. The second kappa shape index (κ2) is 5.47. The summed E-state index contributed by atoms with van der Waals surface area (Å²) in [5.41, 5.74) is 1.55. The second-order valence-electron chi connectivity index (χ2n) is 2.69. The van der Waals surface area contributed by atoms with Crippen LogP contribution in [0.4, 0.5) is 4.79 Å². The van der Waals surface area contributed by atoms with Gasteiger partial charge in [0.1, 0.15) is 12.0 Å². The maximum absolute atomic E-state index is 10.7. The molecule has 0 radical (unpaired) electrons. The number of benzene rings is 1. The number of nitrogens with one attached hydrogen (secondary N) is 1. The molecule has 0 heterocycles. The minimum Gasteiger partial charge on any atom is -0.688 e. The van der Waals surface area contributed by atoms with Crippen LogP contribution in [0.3, 0.4) is 0 Å². The summed E-state index contributed by atoms with van der Waals surface area (Å²) in [7, 11) is 0. The molecule has 7 nitrogen and oxygen atoms in total. The van der Waals surface area contributed by atoms with Gasteiger partial charge in [-0.3, -0.25) is 0 Å². The largest absolute Gasteiger partial charge is 0.688 e. The minimum absolute atomic E-state index is 0.271. The number of amides is 2. The number of carbonyl (C=O) groups is 1. The van der Waals surface area contributed by atoms with Crippen molar-refractivity contribution in [3.05, 3.63) is 47.3 Å². The van der Waals surface area contributed by atoms with Crippen LogP contribution in [0.15, 0.2) is 41.6 Å². The molecule has 0 unspecified atom stereocenters. The van der Waals surface area contributed by atoms with Gasteiger partial charge in [-0.15, -0.1) is 0 Å². The SMILES string of the molecule is O=C(NO)[N+]([O-])=N/C=C(\O)c1ccccc1. The average Bonchev–Trinajstić information content (AvgIpc) is 2.35. The van der Waals surface area contributed by atoms with E-state index < -0.39 is 10.9 Å². The Hall–Kier alpha value is -2.41. The Morgan fingerprint density at radius 2 is 2.06 bits per heavy atom. The molecule has 1 aromatic carbocycles. The lowest BCUT2D eigenvalue weighted by Crippen LogP contribution is -2.25. The lowest BCUT2D eigenvalue weighted by Gasteiger charge is -1.99. The molecule has 84 valence electrons. The topological polar surface area (TPSA) is 108 Å². The first kappa shape index (κ1) is 11.7. The summed E-state index contributed by atoms with van der Waals surface area (Å²) in [6.07, 6.45) is 0.803.